The van der Waals surface area contributed by atoms with Gasteiger partial charge >= 0.3 is 5.97 Å². The molecule has 1 aliphatic heterocycles. The van der Waals surface area contributed by atoms with E-state index in [1.807, 2.05) is 37.3 Å². The van der Waals surface area contributed by atoms with E-state index in [1.54, 1.807) is 24.3 Å². The molecule has 0 fully saturated rings. The number of carbonyl (C=O) groups excluding carboxylic acids is 2. The number of rotatable bonds is 4. The van der Waals surface area contributed by atoms with Crippen LogP contribution in [0.5, 0.6) is 5.75 Å². The van der Waals surface area contributed by atoms with Crippen LogP contribution >= 0.6 is 0 Å². The minimum Gasteiger partial charge on any atom is -0.508 e. The maximum absolute atomic E-state index is 13.2. The maximum Gasteiger partial charge on any atom is 0.337 e. The Hall–Kier alpha value is -3.34. The second kappa shape index (κ2) is 8.06. The molecule has 31 heavy (non-hydrogen) atoms. The van der Waals surface area contributed by atoms with E-state index in [-0.39, 0.29) is 23.6 Å². The van der Waals surface area contributed by atoms with E-state index in [9.17, 15) is 14.7 Å². The average molecular weight is 418 g/mol. The molecule has 0 aromatic heterocycles. The molecule has 0 bridgehead atoms. The van der Waals surface area contributed by atoms with E-state index in [4.69, 9.17) is 4.74 Å². The summed E-state index contributed by atoms with van der Waals surface area (Å²) in [7, 11) is 0. The second-order valence-corrected chi connectivity index (χ2v) is 9.08. The summed E-state index contributed by atoms with van der Waals surface area (Å²) in [6.07, 6.45) is 1.15. The van der Waals surface area contributed by atoms with Crippen molar-refractivity contribution in [3.8, 4) is 5.75 Å². The highest BCUT2D eigenvalue weighted by Crippen LogP contribution is 2.46. The fourth-order valence-electron chi connectivity index (χ4n) is 4.51. The lowest BCUT2D eigenvalue weighted by atomic mass is 9.68. The van der Waals surface area contributed by atoms with Crippen LogP contribution in [0, 0.1) is 5.41 Å². The highest BCUT2D eigenvalue weighted by molar-refractivity contribution is 6.04. The lowest BCUT2D eigenvalue weighted by Gasteiger charge is -2.39. The number of aromatic hydroxyl groups is 1. The van der Waals surface area contributed by atoms with E-state index in [0.29, 0.717) is 23.3 Å². The lowest BCUT2D eigenvalue weighted by molar-refractivity contribution is -0.140. The first kappa shape index (κ1) is 20.9. The van der Waals surface area contributed by atoms with Crippen LogP contribution in [0.4, 0.5) is 0 Å². The molecule has 0 saturated carbocycles. The van der Waals surface area contributed by atoms with E-state index >= 15 is 0 Å². The zero-order valence-electron chi connectivity index (χ0n) is 18.1. The van der Waals surface area contributed by atoms with E-state index in [1.165, 1.54) is 0 Å². The molecule has 1 aliphatic carbocycles. The first-order chi connectivity index (χ1) is 14.7. The Labute approximate surface area is 182 Å². The average Bonchev–Trinajstić information content (AvgIpc) is 2.71. The van der Waals surface area contributed by atoms with Gasteiger partial charge in [0.05, 0.1) is 5.57 Å². The van der Waals surface area contributed by atoms with Gasteiger partial charge in [-0.15, -0.1) is 0 Å². The number of hydrogen-bond donors (Lipinski definition) is 2. The van der Waals surface area contributed by atoms with Crippen LogP contribution in [-0.2, 0) is 20.9 Å². The molecule has 2 aromatic rings. The summed E-state index contributed by atoms with van der Waals surface area (Å²) in [5, 5.41) is 13.1. The zero-order valence-corrected chi connectivity index (χ0v) is 18.1. The standard InChI is InChI=1S/C26H27NO4/c1-16-22(25(30)31-15-17-7-5-4-6-8-17)23(18-9-11-19(28)12-10-18)24-20(27-16)13-26(2,3)14-21(24)29/h4-12,23,27-28H,13-15H2,1-3H3. The Balaban J connectivity index is 1.73. The van der Waals surface area contributed by atoms with Gasteiger partial charge in [-0.3, -0.25) is 4.79 Å². The number of nitrogens with one attached hydrogen (secondary N) is 1. The molecule has 2 aliphatic rings. The Morgan fingerprint density at radius 1 is 1.10 bits per heavy atom. The third kappa shape index (κ3) is 4.26. The summed E-state index contributed by atoms with van der Waals surface area (Å²) in [5.74, 6) is -0.797. The topological polar surface area (TPSA) is 75.6 Å². The van der Waals surface area contributed by atoms with Crippen LogP contribution in [0.25, 0.3) is 0 Å². The quantitative estimate of drug-likeness (QED) is 0.703. The van der Waals surface area contributed by atoms with Gasteiger partial charge in [-0.25, -0.2) is 4.79 Å². The highest BCUT2D eigenvalue weighted by atomic mass is 16.5. The van der Waals surface area contributed by atoms with Gasteiger partial charge in [-0.2, -0.15) is 0 Å². The second-order valence-electron chi connectivity index (χ2n) is 9.08. The van der Waals surface area contributed by atoms with Gasteiger partial charge < -0.3 is 15.2 Å². The van der Waals surface area contributed by atoms with Crippen molar-refractivity contribution in [1.82, 2.24) is 5.32 Å². The molecule has 2 aromatic carbocycles. The Morgan fingerprint density at radius 2 is 1.77 bits per heavy atom. The summed E-state index contributed by atoms with van der Waals surface area (Å²) in [6, 6.07) is 16.2. The van der Waals surface area contributed by atoms with Gasteiger partial charge in [0.1, 0.15) is 12.4 Å². The van der Waals surface area contributed by atoms with Gasteiger partial charge in [0.25, 0.3) is 0 Å². The van der Waals surface area contributed by atoms with Crippen molar-refractivity contribution in [3.63, 3.8) is 0 Å². The minimum absolute atomic E-state index is 0.0395. The first-order valence-electron chi connectivity index (χ1n) is 10.5. The number of esters is 1. The zero-order chi connectivity index (χ0) is 22.2. The molecule has 1 unspecified atom stereocenters. The highest BCUT2D eigenvalue weighted by Gasteiger charge is 2.43. The number of carbonyl (C=O) groups is 2. The van der Waals surface area contributed by atoms with E-state index < -0.39 is 11.9 Å². The molecule has 5 heteroatoms. The SMILES string of the molecule is CC1=C(C(=O)OCc2ccccc2)C(c2ccc(O)cc2)C2=C(CC(C)(C)CC2=O)N1. The molecule has 0 radical (unpaired) electrons. The monoisotopic (exact) mass is 417 g/mol. The fourth-order valence-corrected chi connectivity index (χ4v) is 4.51. The molecule has 4 rings (SSSR count). The first-order valence-corrected chi connectivity index (χ1v) is 10.5. The number of phenolic OH excluding ortho intramolecular Hbond substituents is 1. The largest absolute Gasteiger partial charge is 0.508 e. The van der Waals surface area contributed by atoms with Crippen molar-refractivity contribution in [2.75, 3.05) is 0 Å². The van der Waals surface area contributed by atoms with Crippen LogP contribution in [-0.4, -0.2) is 16.9 Å². The van der Waals surface area contributed by atoms with Crippen molar-refractivity contribution in [1.29, 1.82) is 0 Å². The van der Waals surface area contributed by atoms with Crippen molar-refractivity contribution >= 4 is 11.8 Å². The Bertz CT molecular complexity index is 1080. The number of hydrogen-bond acceptors (Lipinski definition) is 5. The van der Waals surface area contributed by atoms with Gasteiger partial charge in [-0.05, 0) is 42.0 Å². The molecule has 5 nitrogen and oxygen atoms in total. The molecule has 1 atom stereocenters. The predicted molar refractivity (Wildman–Crippen MR) is 118 cm³/mol. The van der Waals surface area contributed by atoms with Crippen LogP contribution in [0.15, 0.2) is 77.1 Å². The molecule has 160 valence electrons. The normalized spacial score (nSPS) is 20.2. The van der Waals surface area contributed by atoms with Crippen molar-refractivity contribution in [2.24, 2.45) is 5.41 Å². The summed E-state index contributed by atoms with van der Waals surface area (Å²) in [6.45, 7) is 6.16. The molecule has 2 N–H and O–H groups in total. The summed E-state index contributed by atoms with van der Waals surface area (Å²) < 4.78 is 5.65. The van der Waals surface area contributed by atoms with Crippen LogP contribution in [0.1, 0.15) is 50.7 Å². The minimum atomic E-state index is -0.524. The number of dihydropyridines is 1. The number of ether oxygens (including phenoxy) is 1. The number of Topliss-reactive ketones (excluding diaryl/α,β-unsaturated/α-hetero) is 1. The molecule has 0 spiro atoms. The summed E-state index contributed by atoms with van der Waals surface area (Å²) >= 11 is 0. The summed E-state index contributed by atoms with van der Waals surface area (Å²) in [4.78, 5) is 26.5. The van der Waals surface area contributed by atoms with Gasteiger partial charge in [-0.1, -0.05) is 56.3 Å². The fraction of sp³-hybridized carbons (Fsp3) is 0.308. The molecular weight excluding hydrogens is 390 g/mol. The number of allylic oxidation sites excluding steroid dienone is 3. The van der Waals surface area contributed by atoms with Gasteiger partial charge in [0, 0.05) is 29.3 Å². The summed E-state index contributed by atoms with van der Waals surface area (Å²) in [5.41, 5.74) is 4.17. The lowest BCUT2D eigenvalue weighted by Crippen LogP contribution is -2.38. The van der Waals surface area contributed by atoms with Crippen LogP contribution in [0.3, 0.4) is 0 Å². The van der Waals surface area contributed by atoms with E-state index in [2.05, 4.69) is 19.2 Å². The van der Waals surface area contributed by atoms with Crippen LogP contribution < -0.4 is 5.32 Å². The van der Waals surface area contributed by atoms with Crippen molar-refractivity contribution in [2.45, 2.75) is 46.1 Å². The van der Waals surface area contributed by atoms with Crippen molar-refractivity contribution in [3.05, 3.63) is 88.3 Å². The van der Waals surface area contributed by atoms with Gasteiger partial charge in [0.2, 0.25) is 0 Å². The molecule has 0 amide bonds. The van der Waals surface area contributed by atoms with E-state index in [0.717, 1.165) is 23.2 Å². The third-order valence-corrected chi connectivity index (χ3v) is 5.90. The number of phenols is 1. The number of ketones is 1. The van der Waals surface area contributed by atoms with Crippen molar-refractivity contribution < 1.29 is 19.4 Å². The molecule has 0 saturated heterocycles. The maximum atomic E-state index is 13.2. The van der Waals surface area contributed by atoms with Crippen LogP contribution in [0.2, 0.25) is 0 Å². The van der Waals surface area contributed by atoms with Gasteiger partial charge in [0.15, 0.2) is 5.78 Å². The Kier molecular flexibility index (Phi) is 5.44. The number of benzene rings is 2. The predicted octanol–water partition coefficient (Wildman–Crippen LogP) is 4.74. The molecular formula is C26H27NO4. The Morgan fingerprint density at radius 3 is 2.45 bits per heavy atom. The molecule has 1 heterocycles. The smallest absolute Gasteiger partial charge is 0.337 e. The third-order valence-electron chi connectivity index (χ3n) is 5.90.